The zero-order chi connectivity index (χ0) is 13.3. The molecule has 1 aromatic carbocycles. The summed E-state index contributed by atoms with van der Waals surface area (Å²) < 4.78 is 0. The molecule has 3 nitrogen and oxygen atoms in total. The molecule has 0 unspecified atom stereocenters. The second-order valence-electron chi connectivity index (χ2n) is 5.70. The number of hydrogen-bond donors (Lipinski definition) is 1. The summed E-state index contributed by atoms with van der Waals surface area (Å²) >= 11 is 6.11. The van der Waals surface area contributed by atoms with E-state index in [1.54, 1.807) is 18.2 Å². The number of rotatable bonds is 1. The Morgan fingerprint density at radius 3 is 2.83 bits per heavy atom. The summed E-state index contributed by atoms with van der Waals surface area (Å²) in [6, 6.07) is 5.21. The number of carbonyl (C=O) groups is 1. The van der Waals surface area contributed by atoms with E-state index in [0.29, 0.717) is 16.3 Å². The highest BCUT2D eigenvalue weighted by molar-refractivity contribution is 6.36. The molecule has 2 rings (SSSR count). The highest BCUT2D eigenvalue weighted by Crippen LogP contribution is 2.31. The van der Waals surface area contributed by atoms with Gasteiger partial charge in [-0.1, -0.05) is 31.5 Å². The zero-order valence-electron chi connectivity index (χ0n) is 10.9. The van der Waals surface area contributed by atoms with E-state index < -0.39 is 0 Å². The molecule has 0 bridgehead atoms. The quantitative estimate of drug-likeness (QED) is 0.794. The topological polar surface area (TPSA) is 46.3 Å². The molecular weight excluding hydrogens is 248 g/mol. The van der Waals surface area contributed by atoms with E-state index in [2.05, 4.69) is 13.8 Å². The number of halogens is 1. The molecule has 18 heavy (non-hydrogen) atoms. The summed E-state index contributed by atoms with van der Waals surface area (Å²) in [5.41, 5.74) is 6.89. The minimum atomic E-state index is -0.0138. The minimum Gasteiger partial charge on any atom is -0.398 e. The Hall–Kier alpha value is -1.22. The second-order valence-corrected chi connectivity index (χ2v) is 6.08. The molecule has 0 radical (unpaired) electrons. The van der Waals surface area contributed by atoms with Crippen molar-refractivity contribution >= 4 is 23.2 Å². The lowest BCUT2D eigenvalue weighted by Gasteiger charge is -2.38. The number of carbonyl (C=O) groups excluding carboxylic acids is 1. The van der Waals surface area contributed by atoms with Crippen molar-refractivity contribution in [3.8, 4) is 0 Å². The molecule has 98 valence electrons. The molecule has 1 aliphatic heterocycles. The third-order valence-electron chi connectivity index (χ3n) is 3.45. The first-order chi connectivity index (χ1) is 8.41. The van der Waals surface area contributed by atoms with Crippen LogP contribution in [0.5, 0.6) is 0 Å². The van der Waals surface area contributed by atoms with Gasteiger partial charge in [-0.3, -0.25) is 4.79 Å². The Labute approximate surface area is 113 Å². The second kappa shape index (κ2) is 4.81. The van der Waals surface area contributed by atoms with Crippen LogP contribution in [-0.4, -0.2) is 23.9 Å². The number of nitrogen functional groups attached to an aromatic ring is 1. The number of benzene rings is 1. The molecule has 1 fully saturated rings. The van der Waals surface area contributed by atoms with Gasteiger partial charge < -0.3 is 10.6 Å². The molecule has 1 aliphatic rings. The number of nitrogens with zero attached hydrogens (tertiary/aromatic N) is 1. The highest BCUT2D eigenvalue weighted by atomic mass is 35.5. The summed E-state index contributed by atoms with van der Waals surface area (Å²) in [4.78, 5) is 14.3. The van der Waals surface area contributed by atoms with Gasteiger partial charge in [-0.05, 0) is 30.4 Å². The largest absolute Gasteiger partial charge is 0.398 e. The third kappa shape index (κ3) is 2.61. The first-order valence-corrected chi connectivity index (χ1v) is 6.62. The molecule has 0 aliphatic carbocycles. The Bertz CT molecular complexity index is 471. The Morgan fingerprint density at radius 2 is 2.17 bits per heavy atom. The van der Waals surface area contributed by atoms with Gasteiger partial charge in [0.05, 0.1) is 16.3 Å². The van der Waals surface area contributed by atoms with Gasteiger partial charge in [0.15, 0.2) is 0 Å². The van der Waals surface area contributed by atoms with Crippen molar-refractivity contribution in [3.05, 3.63) is 28.8 Å². The van der Waals surface area contributed by atoms with Gasteiger partial charge in [0.25, 0.3) is 5.91 Å². The summed E-state index contributed by atoms with van der Waals surface area (Å²) in [5.74, 6) is -0.0138. The Kier molecular flexibility index (Phi) is 3.53. The normalized spacial score (nSPS) is 18.7. The number of nitrogens with two attached hydrogens (primary N) is 1. The molecule has 1 saturated heterocycles. The molecule has 0 saturated carbocycles. The van der Waals surface area contributed by atoms with Gasteiger partial charge in [0.2, 0.25) is 0 Å². The van der Waals surface area contributed by atoms with Gasteiger partial charge in [-0.15, -0.1) is 0 Å². The maximum atomic E-state index is 12.4. The van der Waals surface area contributed by atoms with Crippen molar-refractivity contribution in [3.63, 3.8) is 0 Å². The van der Waals surface area contributed by atoms with Crippen molar-refractivity contribution in [2.75, 3.05) is 18.8 Å². The molecule has 0 atom stereocenters. The van der Waals surface area contributed by atoms with E-state index in [1.807, 2.05) is 4.90 Å². The monoisotopic (exact) mass is 266 g/mol. The molecule has 1 aromatic rings. The highest BCUT2D eigenvalue weighted by Gasteiger charge is 2.30. The van der Waals surface area contributed by atoms with Crippen LogP contribution < -0.4 is 5.73 Å². The summed E-state index contributed by atoms with van der Waals surface area (Å²) in [6.07, 6.45) is 2.19. The lowest BCUT2D eigenvalue weighted by Crippen LogP contribution is -2.43. The van der Waals surface area contributed by atoms with Gasteiger partial charge in [0.1, 0.15) is 0 Å². The number of piperidine rings is 1. The van der Waals surface area contributed by atoms with Crippen LogP contribution in [-0.2, 0) is 0 Å². The summed E-state index contributed by atoms with van der Waals surface area (Å²) in [5, 5.41) is 0.367. The smallest absolute Gasteiger partial charge is 0.255 e. The summed E-state index contributed by atoms with van der Waals surface area (Å²) in [7, 11) is 0. The van der Waals surface area contributed by atoms with Crippen molar-refractivity contribution in [1.82, 2.24) is 4.90 Å². The number of likely N-dealkylation sites (tertiary alicyclic amines) is 1. The summed E-state index contributed by atoms with van der Waals surface area (Å²) in [6.45, 7) is 5.95. The van der Waals surface area contributed by atoms with Crippen molar-refractivity contribution in [2.24, 2.45) is 5.41 Å². The van der Waals surface area contributed by atoms with E-state index in [0.717, 1.165) is 25.9 Å². The SMILES string of the molecule is CC1(C)CCCN(C(=O)c2cccc(N)c2Cl)C1. The van der Waals surface area contributed by atoms with Crippen LogP contribution in [0.25, 0.3) is 0 Å². The molecule has 1 amide bonds. The van der Waals surface area contributed by atoms with Crippen molar-refractivity contribution in [1.29, 1.82) is 0 Å². The average Bonchev–Trinajstić information content (AvgIpc) is 2.30. The fraction of sp³-hybridized carbons (Fsp3) is 0.500. The maximum Gasteiger partial charge on any atom is 0.255 e. The maximum absolute atomic E-state index is 12.4. The van der Waals surface area contributed by atoms with Crippen LogP contribution >= 0.6 is 11.6 Å². The molecule has 0 aromatic heterocycles. The van der Waals surface area contributed by atoms with Crippen LogP contribution in [0.3, 0.4) is 0 Å². The lowest BCUT2D eigenvalue weighted by atomic mass is 9.84. The van der Waals surface area contributed by atoms with E-state index in [1.165, 1.54) is 0 Å². The van der Waals surface area contributed by atoms with Gasteiger partial charge in [0, 0.05) is 13.1 Å². The van der Waals surface area contributed by atoms with Crippen molar-refractivity contribution in [2.45, 2.75) is 26.7 Å². The first-order valence-electron chi connectivity index (χ1n) is 6.24. The number of hydrogen-bond acceptors (Lipinski definition) is 2. The predicted molar refractivity (Wildman–Crippen MR) is 74.8 cm³/mol. The van der Waals surface area contributed by atoms with E-state index in [4.69, 9.17) is 17.3 Å². The van der Waals surface area contributed by atoms with Crippen LogP contribution in [0.4, 0.5) is 5.69 Å². The fourth-order valence-corrected chi connectivity index (χ4v) is 2.69. The van der Waals surface area contributed by atoms with E-state index in [-0.39, 0.29) is 11.3 Å². The molecular formula is C14H19ClN2O. The minimum absolute atomic E-state index is 0.0138. The van der Waals surface area contributed by atoms with E-state index >= 15 is 0 Å². The molecule has 1 heterocycles. The zero-order valence-corrected chi connectivity index (χ0v) is 11.6. The lowest BCUT2D eigenvalue weighted by molar-refractivity contribution is 0.0583. The van der Waals surface area contributed by atoms with E-state index in [9.17, 15) is 4.79 Å². The third-order valence-corrected chi connectivity index (χ3v) is 3.87. The van der Waals surface area contributed by atoms with Crippen LogP contribution in [0, 0.1) is 5.41 Å². The van der Waals surface area contributed by atoms with Crippen molar-refractivity contribution < 1.29 is 4.79 Å². The first kappa shape index (κ1) is 13.2. The number of anilines is 1. The molecule has 4 heteroatoms. The Balaban J connectivity index is 2.23. The Morgan fingerprint density at radius 1 is 1.44 bits per heavy atom. The fourth-order valence-electron chi connectivity index (χ4n) is 2.48. The van der Waals surface area contributed by atoms with Crippen LogP contribution in [0.1, 0.15) is 37.0 Å². The average molecular weight is 267 g/mol. The predicted octanol–water partition coefficient (Wildman–Crippen LogP) is 3.18. The van der Waals surface area contributed by atoms with Crippen LogP contribution in [0.15, 0.2) is 18.2 Å². The van der Waals surface area contributed by atoms with Gasteiger partial charge in [-0.2, -0.15) is 0 Å². The van der Waals surface area contributed by atoms with Gasteiger partial charge >= 0.3 is 0 Å². The number of amides is 1. The molecule has 2 N–H and O–H groups in total. The molecule has 0 spiro atoms. The van der Waals surface area contributed by atoms with Gasteiger partial charge in [-0.25, -0.2) is 0 Å². The standard InChI is InChI=1S/C14H19ClN2O/c1-14(2)7-4-8-17(9-14)13(18)10-5-3-6-11(16)12(10)15/h3,5-6H,4,7-9,16H2,1-2H3. The van der Waals surface area contributed by atoms with Crippen LogP contribution in [0.2, 0.25) is 5.02 Å².